The number of phenols is 1. The van der Waals surface area contributed by atoms with Gasteiger partial charge in [-0.05, 0) is 43.2 Å². The zero-order valence-electron chi connectivity index (χ0n) is 16.7. The first-order valence-electron chi connectivity index (χ1n) is 9.16. The van der Waals surface area contributed by atoms with E-state index in [1.807, 2.05) is 32.0 Å². The third kappa shape index (κ3) is 4.83. The molecule has 2 aromatic rings. The zero-order valence-corrected chi connectivity index (χ0v) is 18.3. The molecule has 1 fully saturated rings. The molecule has 7 nitrogen and oxygen atoms in total. The van der Waals surface area contributed by atoms with Gasteiger partial charge in [-0.15, -0.1) is 0 Å². The molecule has 1 saturated heterocycles. The molecule has 1 atom stereocenters. The Morgan fingerprint density at radius 2 is 2.00 bits per heavy atom. The summed E-state index contributed by atoms with van der Waals surface area (Å²) in [5, 5.41) is 18.3. The van der Waals surface area contributed by atoms with Crippen LogP contribution in [0.25, 0.3) is 0 Å². The summed E-state index contributed by atoms with van der Waals surface area (Å²) in [6.45, 7) is 3.84. The molecule has 0 radical (unpaired) electrons. The van der Waals surface area contributed by atoms with Gasteiger partial charge < -0.3 is 10.4 Å². The second-order valence-corrected chi connectivity index (χ2v) is 8.34. The van der Waals surface area contributed by atoms with Gasteiger partial charge >= 0.3 is 0 Å². The first kappa shape index (κ1) is 21.9. The highest BCUT2D eigenvalue weighted by atomic mass is 35.5. The van der Waals surface area contributed by atoms with E-state index in [0.29, 0.717) is 15.8 Å². The second kappa shape index (κ2) is 9.32. The number of aliphatic imine (C=N–C) groups is 1. The minimum Gasteiger partial charge on any atom is -0.507 e. The molecule has 1 unspecified atom stereocenters. The first-order valence-corrected chi connectivity index (χ1v) is 10.4. The number of anilines is 1. The largest absolute Gasteiger partial charge is 0.507 e. The molecule has 0 saturated carbocycles. The van der Waals surface area contributed by atoms with E-state index in [1.54, 1.807) is 13.1 Å². The Morgan fingerprint density at radius 3 is 2.67 bits per heavy atom. The van der Waals surface area contributed by atoms with Gasteiger partial charge in [0.25, 0.3) is 5.91 Å². The molecule has 30 heavy (non-hydrogen) atoms. The first-order chi connectivity index (χ1) is 14.3. The molecule has 2 aromatic carbocycles. The molecule has 0 bridgehead atoms. The summed E-state index contributed by atoms with van der Waals surface area (Å²) in [4.78, 5) is 29.5. The quantitative estimate of drug-likeness (QED) is 0.682. The third-order valence-electron chi connectivity index (χ3n) is 4.52. The fourth-order valence-corrected chi connectivity index (χ4v) is 4.17. The van der Waals surface area contributed by atoms with Crippen molar-refractivity contribution in [3.8, 4) is 5.75 Å². The summed E-state index contributed by atoms with van der Waals surface area (Å²) in [6, 6.07) is 10.3. The number of aryl methyl sites for hydroxylation is 2. The van der Waals surface area contributed by atoms with Crippen LogP contribution in [-0.4, -0.2) is 45.6 Å². The lowest BCUT2D eigenvalue weighted by Crippen LogP contribution is -2.30. The van der Waals surface area contributed by atoms with E-state index >= 15 is 0 Å². The van der Waals surface area contributed by atoms with Crippen molar-refractivity contribution in [2.75, 3.05) is 12.4 Å². The highest BCUT2D eigenvalue weighted by Crippen LogP contribution is 2.31. The molecule has 3 rings (SSSR count). The number of phenolic OH excluding ortho intramolecular Hbond substituents is 1. The molecule has 9 heteroatoms. The lowest BCUT2D eigenvalue weighted by Gasteiger charge is -2.13. The third-order valence-corrected chi connectivity index (χ3v) is 5.98. The van der Waals surface area contributed by atoms with Gasteiger partial charge in [0.2, 0.25) is 5.91 Å². The predicted molar refractivity (Wildman–Crippen MR) is 121 cm³/mol. The lowest BCUT2D eigenvalue weighted by molar-refractivity contribution is -0.128. The molecule has 1 aliphatic rings. The fourth-order valence-electron chi connectivity index (χ4n) is 2.96. The van der Waals surface area contributed by atoms with Crippen molar-refractivity contribution in [1.29, 1.82) is 0 Å². The number of para-hydroxylation sites is 1. The van der Waals surface area contributed by atoms with Crippen molar-refractivity contribution in [2.45, 2.75) is 25.5 Å². The Labute approximate surface area is 183 Å². The minimum atomic E-state index is -0.641. The van der Waals surface area contributed by atoms with Gasteiger partial charge in [0.1, 0.15) is 11.0 Å². The molecular formula is C21H21ClN4O3S. The van der Waals surface area contributed by atoms with Gasteiger partial charge in [-0.2, -0.15) is 10.1 Å². The van der Waals surface area contributed by atoms with Crippen molar-refractivity contribution in [3.05, 3.63) is 58.1 Å². The van der Waals surface area contributed by atoms with Crippen molar-refractivity contribution >= 4 is 52.2 Å². The Bertz CT molecular complexity index is 1030. The van der Waals surface area contributed by atoms with Crippen molar-refractivity contribution in [2.24, 2.45) is 10.1 Å². The second-order valence-electron chi connectivity index (χ2n) is 6.73. The number of aromatic hydroxyl groups is 1. The minimum absolute atomic E-state index is 0.00920. The molecule has 0 spiro atoms. The zero-order chi connectivity index (χ0) is 21.8. The molecule has 1 heterocycles. The number of amidine groups is 1. The highest BCUT2D eigenvalue weighted by Gasteiger charge is 2.39. The monoisotopic (exact) mass is 444 g/mol. The Kier molecular flexibility index (Phi) is 6.79. The van der Waals surface area contributed by atoms with Gasteiger partial charge in [0.05, 0.1) is 6.21 Å². The van der Waals surface area contributed by atoms with Crippen LogP contribution in [0.4, 0.5) is 5.69 Å². The number of halogens is 1. The van der Waals surface area contributed by atoms with Gasteiger partial charge in [0.15, 0.2) is 5.17 Å². The van der Waals surface area contributed by atoms with Gasteiger partial charge in [-0.3, -0.25) is 14.6 Å². The normalized spacial score (nSPS) is 17.9. The molecule has 0 aromatic heterocycles. The van der Waals surface area contributed by atoms with E-state index in [4.69, 9.17) is 11.6 Å². The van der Waals surface area contributed by atoms with E-state index in [1.165, 1.54) is 30.1 Å². The van der Waals surface area contributed by atoms with Crippen LogP contribution in [0.1, 0.15) is 23.1 Å². The topological polar surface area (TPSA) is 94.4 Å². The number of hydrazone groups is 1. The van der Waals surface area contributed by atoms with Crippen molar-refractivity contribution in [1.82, 2.24) is 5.01 Å². The van der Waals surface area contributed by atoms with Crippen LogP contribution >= 0.6 is 23.4 Å². The van der Waals surface area contributed by atoms with E-state index < -0.39 is 5.25 Å². The maximum absolute atomic E-state index is 12.8. The summed E-state index contributed by atoms with van der Waals surface area (Å²) < 4.78 is 0. The van der Waals surface area contributed by atoms with Crippen LogP contribution in [0.5, 0.6) is 5.75 Å². The number of benzene rings is 2. The Hall–Kier alpha value is -2.84. The number of thioether (sulfide) groups is 1. The molecular weight excluding hydrogens is 424 g/mol. The molecule has 156 valence electrons. The summed E-state index contributed by atoms with van der Waals surface area (Å²) in [7, 11) is 1.55. The number of hydrogen-bond acceptors (Lipinski definition) is 6. The summed E-state index contributed by atoms with van der Waals surface area (Å²) >= 11 is 7.12. The van der Waals surface area contributed by atoms with Crippen molar-refractivity contribution in [3.63, 3.8) is 0 Å². The average Bonchev–Trinajstić information content (AvgIpc) is 3.00. The van der Waals surface area contributed by atoms with Crippen LogP contribution < -0.4 is 5.32 Å². The molecule has 2 N–H and O–H groups in total. The number of hydrogen-bond donors (Lipinski definition) is 2. The van der Waals surface area contributed by atoms with E-state index in [-0.39, 0.29) is 24.0 Å². The van der Waals surface area contributed by atoms with Gasteiger partial charge in [-0.25, -0.2) is 0 Å². The standard InChI is InChI=1S/C21H21ClN4O3S/c1-12-5-4-6-13(2)19(12)25-18(28)10-17-20(29)26(21(23-3)30-17)24-11-14-9-15(22)7-8-16(14)27/h4-9,11,17,27H,10H2,1-3H3,(H,25,28)/b23-21?,24-11+. The van der Waals surface area contributed by atoms with Crippen LogP contribution in [0.15, 0.2) is 46.5 Å². The van der Waals surface area contributed by atoms with E-state index in [2.05, 4.69) is 15.4 Å². The Morgan fingerprint density at radius 1 is 1.30 bits per heavy atom. The highest BCUT2D eigenvalue weighted by molar-refractivity contribution is 8.15. The fraction of sp³-hybridized carbons (Fsp3) is 0.238. The number of nitrogens with one attached hydrogen (secondary N) is 1. The Balaban J connectivity index is 1.72. The molecule has 2 amide bonds. The maximum Gasteiger partial charge on any atom is 0.263 e. The van der Waals surface area contributed by atoms with Crippen LogP contribution in [0.2, 0.25) is 5.02 Å². The van der Waals surface area contributed by atoms with Gasteiger partial charge in [-0.1, -0.05) is 41.6 Å². The summed E-state index contributed by atoms with van der Waals surface area (Å²) in [6.07, 6.45) is 1.33. The summed E-state index contributed by atoms with van der Waals surface area (Å²) in [5.74, 6) is -0.621. The van der Waals surface area contributed by atoms with Crippen molar-refractivity contribution < 1.29 is 14.7 Å². The van der Waals surface area contributed by atoms with E-state index in [0.717, 1.165) is 21.8 Å². The number of amides is 2. The smallest absolute Gasteiger partial charge is 0.263 e. The number of carbonyl (C=O) groups is 2. The number of nitrogens with zero attached hydrogens (tertiary/aromatic N) is 3. The predicted octanol–water partition coefficient (Wildman–Crippen LogP) is 3.95. The maximum atomic E-state index is 12.8. The van der Waals surface area contributed by atoms with Crippen LogP contribution in [-0.2, 0) is 9.59 Å². The SMILES string of the molecule is CN=C1SC(CC(=O)Nc2c(C)cccc2C)C(=O)N1/N=C/c1cc(Cl)ccc1O. The lowest BCUT2D eigenvalue weighted by atomic mass is 10.1. The van der Waals surface area contributed by atoms with Crippen LogP contribution in [0, 0.1) is 13.8 Å². The number of carbonyl (C=O) groups excluding carboxylic acids is 2. The van der Waals surface area contributed by atoms with Gasteiger partial charge in [0, 0.05) is 29.7 Å². The number of rotatable bonds is 5. The van der Waals surface area contributed by atoms with Crippen LogP contribution in [0.3, 0.4) is 0 Å². The molecule has 0 aliphatic carbocycles. The average molecular weight is 445 g/mol. The van der Waals surface area contributed by atoms with E-state index in [9.17, 15) is 14.7 Å². The summed E-state index contributed by atoms with van der Waals surface area (Å²) in [5.41, 5.74) is 3.04. The molecule has 1 aliphatic heterocycles.